The first-order valence-electron chi connectivity index (χ1n) is 12.3. The number of methoxy groups -OCH3 is 1. The number of hydrogen-bond donors (Lipinski definition) is 1. The topological polar surface area (TPSA) is 83.4 Å². The summed E-state index contributed by atoms with van der Waals surface area (Å²) in [5, 5.41) is 9.52. The number of para-hydroxylation sites is 2. The maximum Gasteiger partial charge on any atom is 0.262 e. The Labute approximate surface area is 220 Å². The van der Waals surface area contributed by atoms with E-state index in [1.165, 1.54) is 17.3 Å². The number of hydrazone groups is 1. The van der Waals surface area contributed by atoms with E-state index in [1.807, 2.05) is 47.5 Å². The summed E-state index contributed by atoms with van der Waals surface area (Å²) in [5.74, 6) is -0.0259. The van der Waals surface area contributed by atoms with Crippen molar-refractivity contribution in [2.75, 3.05) is 12.4 Å². The van der Waals surface area contributed by atoms with E-state index in [0.717, 1.165) is 23.3 Å². The molecule has 2 aliphatic heterocycles. The van der Waals surface area contributed by atoms with Gasteiger partial charge in [0.25, 0.3) is 5.91 Å². The van der Waals surface area contributed by atoms with Crippen LogP contribution < -0.4 is 10.1 Å². The lowest BCUT2D eigenvalue weighted by Gasteiger charge is -2.23. The molecule has 3 aromatic rings. The zero-order chi connectivity index (χ0) is 25.8. The molecule has 2 amide bonds. The predicted octanol–water partition coefficient (Wildman–Crippen LogP) is 5.44. The number of anilines is 1. The van der Waals surface area contributed by atoms with Crippen molar-refractivity contribution in [3.8, 4) is 5.75 Å². The fourth-order valence-corrected chi connectivity index (χ4v) is 5.51. The molecule has 0 aliphatic carbocycles. The number of thioether (sulfide) groups is 1. The lowest BCUT2D eigenvalue weighted by Crippen LogP contribution is -2.25. The van der Waals surface area contributed by atoms with Gasteiger partial charge in [0.2, 0.25) is 5.91 Å². The van der Waals surface area contributed by atoms with Crippen LogP contribution in [0.2, 0.25) is 0 Å². The summed E-state index contributed by atoms with van der Waals surface area (Å²) in [6.07, 6.45) is 1.67. The SMILES string of the molecule is CCc1ccc([C@@H]2CC(c3ccccc3)=NN2C2=NC(=O)[C@@H](CC(=O)Nc3ccccc3OC)S2)cc1. The highest BCUT2D eigenvalue weighted by atomic mass is 32.2. The number of nitrogens with one attached hydrogen (secondary N) is 1. The van der Waals surface area contributed by atoms with Crippen LogP contribution in [0.1, 0.15) is 42.5 Å². The lowest BCUT2D eigenvalue weighted by molar-refractivity contribution is -0.121. The summed E-state index contributed by atoms with van der Waals surface area (Å²) >= 11 is 1.30. The molecule has 1 N–H and O–H groups in total. The lowest BCUT2D eigenvalue weighted by atomic mass is 9.97. The minimum Gasteiger partial charge on any atom is -0.495 e. The molecular weight excluding hydrogens is 484 g/mol. The number of aliphatic imine (C=N–C) groups is 1. The maximum atomic E-state index is 12.8. The normalized spacial score (nSPS) is 19.0. The standard InChI is InChI=1S/C29H28N4O3S/c1-3-19-13-15-21(16-14-19)24-17-23(20-9-5-4-6-10-20)32-33(24)29-31-28(35)26(37-29)18-27(34)30-22-11-7-8-12-25(22)36-2/h4-16,24,26H,3,17-18H2,1-2H3,(H,30,34)/t24-,26+/m0/s1. The molecule has 2 aliphatic rings. The molecule has 0 unspecified atom stereocenters. The molecule has 2 heterocycles. The number of hydrogen-bond acceptors (Lipinski definition) is 6. The van der Waals surface area contributed by atoms with E-state index >= 15 is 0 Å². The third kappa shape index (κ3) is 5.44. The fraction of sp³-hybridized carbons (Fsp3) is 0.241. The van der Waals surface area contributed by atoms with Crippen molar-refractivity contribution < 1.29 is 14.3 Å². The summed E-state index contributed by atoms with van der Waals surface area (Å²) in [5.41, 5.74) is 4.93. The van der Waals surface area contributed by atoms with Crippen LogP contribution in [0.15, 0.2) is 89.0 Å². The fourth-order valence-electron chi connectivity index (χ4n) is 4.45. The Morgan fingerprint density at radius 2 is 1.78 bits per heavy atom. The molecule has 2 atom stereocenters. The number of carbonyl (C=O) groups is 2. The molecule has 0 radical (unpaired) electrons. The van der Waals surface area contributed by atoms with Crippen molar-refractivity contribution >= 4 is 40.1 Å². The van der Waals surface area contributed by atoms with Crippen molar-refractivity contribution in [1.29, 1.82) is 0 Å². The number of rotatable bonds is 7. The van der Waals surface area contributed by atoms with Crippen LogP contribution in [0, 0.1) is 0 Å². The van der Waals surface area contributed by atoms with Crippen molar-refractivity contribution in [2.24, 2.45) is 10.1 Å². The molecule has 0 spiro atoms. The van der Waals surface area contributed by atoms with Crippen LogP contribution in [0.25, 0.3) is 0 Å². The van der Waals surface area contributed by atoms with E-state index in [0.29, 0.717) is 23.0 Å². The Morgan fingerprint density at radius 1 is 1.05 bits per heavy atom. The van der Waals surface area contributed by atoms with Gasteiger partial charge in [-0.1, -0.05) is 85.4 Å². The second-order valence-corrected chi connectivity index (χ2v) is 10.0. The van der Waals surface area contributed by atoms with Gasteiger partial charge in [0.1, 0.15) is 11.0 Å². The number of amides is 2. The van der Waals surface area contributed by atoms with Gasteiger partial charge in [-0.25, -0.2) is 5.01 Å². The van der Waals surface area contributed by atoms with Crippen LogP contribution in [0.3, 0.4) is 0 Å². The summed E-state index contributed by atoms with van der Waals surface area (Å²) in [6.45, 7) is 2.13. The quantitative estimate of drug-likeness (QED) is 0.456. The molecule has 0 fully saturated rings. The van der Waals surface area contributed by atoms with Crippen LogP contribution in [-0.2, 0) is 16.0 Å². The van der Waals surface area contributed by atoms with Crippen LogP contribution >= 0.6 is 11.8 Å². The second-order valence-electron chi connectivity index (χ2n) is 8.86. The average Bonchev–Trinajstić information content (AvgIpc) is 3.53. The van der Waals surface area contributed by atoms with Gasteiger partial charge in [-0.15, -0.1) is 0 Å². The van der Waals surface area contributed by atoms with E-state index in [2.05, 4.69) is 41.5 Å². The Hall–Kier alpha value is -3.91. The number of ether oxygens (including phenoxy) is 1. The van der Waals surface area contributed by atoms with Gasteiger partial charge in [0.05, 0.1) is 24.6 Å². The zero-order valence-corrected chi connectivity index (χ0v) is 21.6. The van der Waals surface area contributed by atoms with E-state index in [9.17, 15) is 9.59 Å². The molecule has 37 heavy (non-hydrogen) atoms. The Kier molecular flexibility index (Phi) is 7.37. The van der Waals surface area contributed by atoms with Gasteiger partial charge in [-0.05, 0) is 35.2 Å². The molecule has 7 nitrogen and oxygen atoms in total. The molecule has 5 rings (SSSR count). The Balaban J connectivity index is 1.34. The third-order valence-electron chi connectivity index (χ3n) is 6.47. The van der Waals surface area contributed by atoms with Gasteiger partial charge in [0, 0.05) is 12.8 Å². The van der Waals surface area contributed by atoms with Crippen molar-refractivity contribution in [3.63, 3.8) is 0 Å². The number of nitrogens with zero attached hydrogens (tertiary/aromatic N) is 3. The van der Waals surface area contributed by atoms with Crippen molar-refractivity contribution in [1.82, 2.24) is 5.01 Å². The number of carbonyl (C=O) groups excluding carboxylic acids is 2. The summed E-state index contributed by atoms with van der Waals surface area (Å²) in [4.78, 5) is 29.9. The van der Waals surface area contributed by atoms with Crippen LogP contribution in [0.5, 0.6) is 5.75 Å². The summed E-state index contributed by atoms with van der Waals surface area (Å²) in [7, 11) is 1.55. The first-order valence-corrected chi connectivity index (χ1v) is 13.2. The monoisotopic (exact) mass is 512 g/mol. The van der Waals surface area contributed by atoms with Crippen LogP contribution in [-0.4, -0.2) is 40.1 Å². The van der Waals surface area contributed by atoms with E-state index in [-0.39, 0.29) is 24.3 Å². The molecule has 0 saturated heterocycles. The van der Waals surface area contributed by atoms with Crippen LogP contribution in [0.4, 0.5) is 5.69 Å². The van der Waals surface area contributed by atoms with Gasteiger partial charge in [0.15, 0.2) is 5.17 Å². The van der Waals surface area contributed by atoms with Crippen molar-refractivity contribution in [3.05, 3.63) is 95.6 Å². The van der Waals surface area contributed by atoms with E-state index in [1.54, 1.807) is 19.2 Å². The van der Waals surface area contributed by atoms with Gasteiger partial charge in [-0.3, -0.25) is 9.59 Å². The van der Waals surface area contributed by atoms with Gasteiger partial charge < -0.3 is 10.1 Å². The highest BCUT2D eigenvalue weighted by Gasteiger charge is 2.39. The zero-order valence-electron chi connectivity index (χ0n) is 20.8. The summed E-state index contributed by atoms with van der Waals surface area (Å²) < 4.78 is 5.31. The minimum absolute atomic E-state index is 0.00745. The molecule has 0 aromatic heterocycles. The smallest absolute Gasteiger partial charge is 0.262 e. The Morgan fingerprint density at radius 3 is 2.51 bits per heavy atom. The predicted molar refractivity (Wildman–Crippen MR) is 148 cm³/mol. The second kappa shape index (κ2) is 11.0. The number of benzene rings is 3. The van der Waals surface area contributed by atoms with Gasteiger partial charge in [-0.2, -0.15) is 10.1 Å². The summed E-state index contributed by atoms with van der Waals surface area (Å²) in [6, 6.07) is 25.7. The highest BCUT2D eigenvalue weighted by molar-refractivity contribution is 8.15. The molecule has 0 bridgehead atoms. The largest absolute Gasteiger partial charge is 0.495 e. The highest BCUT2D eigenvalue weighted by Crippen LogP contribution is 2.38. The molecule has 3 aromatic carbocycles. The van der Waals surface area contributed by atoms with Gasteiger partial charge >= 0.3 is 0 Å². The van der Waals surface area contributed by atoms with Crippen molar-refractivity contribution in [2.45, 2.75) is 37.5 Å². The number of aryl methyl sites for hydroxylation is 1. The number of amidine groups is 1. The molecule has 0 saturated carbocycles. The molecule has 8 heteroatoms. The average molecular weight is 513 g/mol. The maximum absolute atomic E-state index is 12.8. The third-order valence-corrected chi connectivity index (χ3v) is 7.61. The van der Waals surface area contributed by atoms with E-state index in [4.69, 9.17) is 9.84 Å². The molecule has 188 valence electrons. The van der Waals surface area contributed by atoms with E-state index < -0.39 is 5.25 Å². The molecular formula is C29H28N4O3S. The minimum atomic E-state index is -0.608. The first-order chi connectivity index (χ1) is 18.1. The Bertz CT molecular complexity index is 1360. The first kappa shape index (κ1) is 24.8.